The Morgan fingerprint density at radius 1 is 0.422 bits per heavy atom. The van der Waals surface area contributed by atoms with Crippen LogP contribution in [0.15, 0.2) is 248 Å². The van der Waals surface area contributed by atoms with Gasteiger partial charge in [0, 0.05) is 42.8 Å². The number of alkyl halides is 3. The van der Waals surface area contributed by atoms with E-state index in [9.17, 15) is 54.3 Å². The second-order valence-corrected chi connectivity index (χ2v) is 21.2. The number of rotatable bonds is 13. The van der Waals surface area contributed by atoms with E-state index in [0.717, 1.165) is 70.7 Å². The molecule has 0 aromatic heterocycles. The fourth-order valence-corrected chi connectivity index (χ4v) is 10.5. The molecule has 0 fully saturated rings. The van der Waals surface area contributed by atoms with Crippen molar-refractivity contribution in [3.63, 3.8) is 0 Å². The number of halogens is 8. The summed E-state index contributed by atoms with van der Waals surface area (Å²) in [5.41, 5.74) is 1.26. The first kappa shape index (κ1) is 69.1. The standard InChI is InChI=1S/C23H16O2.C19H9F5O2.C14H9F3O2.C14H12O2.Al.Ga.In.Zn.3H/c24-22(20-11-9-16-5-1-3-7-18(16)13-20)15-23(25)21-12-10-17-6-2-4-8-19(17)14-21;20-15-14(16(21)18(23)19(24)17(15)22)13(26)8-12(25)11-6-5-9-3-1-2-4-10(9)7-11;15-14(16,17)13(19)8-12(18)11-6-5-9-3-1-2-4-10(9)7-11;1-10(15)8-14(16)13-7-6-11-4-2-3-5-12(11)9-13;;;;;;;/h1-15,24H;1-8,26H;1-8,19H;2-9,15H,1H3;;;;;;;/q;;;;3*+1;;;;/p-3. The second-order valence-electron chi connectivity index (χ2n) is 19.5. The summed E-state index contributed by atoms with van der Waals surface area (Å²) in [4.78, 5) is 48.7. The molecule has 8 nitrogen and oxygen atoms in total. The van der Waals surface area contributed by atoms with Crippen molar-refractivity contribution in [1.82, 2.24) is 0 Å². The van der Waals surface area contributed by atoms with E-state index >= 15 is 0 Å². The second kappa shape index (κ2) is 31.9. The van der Waals surface area contributed by atoms with Gasteiger partial charge >= 0.3 is 307 Å². The van der Waals surface area contributed by atoms with Crippen LogP contribution in [0.25, 0.3) is 65.4 Å². The minimum Gasteiger partial charge on any atom is 0 e. The predicted molar refractivity (Wildman–Crippen MR) is 334 cm³/mol. The van der Waals surface area contributed by atoms with Crippen LogP contribution in [-0.2, 0) is 29.7 Å². The summed E-state index contributed by atoms with van der Waals surface area (Å²) < 4.78 is 120. The van der Waals surface area contributed by atoms with Gasteiger partial charge in [-0.1, -0.05) is 72.8 Å². The van der Waals surface area contributed by atoms with E-state index in [0.29, 0.717) is 29.0 Å². The molecule has 0 spiro atoms. The summed E-state index contributed by atoms with van der Waals surface area (Å²) in [6.45, 7) is 1.49. The maximum atomic E-state index is 14.0. The maximum Gasteiger partial charge on any atom is 0 e. The minimum atomic E-state index is -4.65. The first-order valence-corrected chi connectivity index (χ1v) is 30.1. The van der Waals surface area contributed by atoms with Crippen molar-refractivity contribution in [2.45, 2.75) is 13.1 Å². The van der Waals surface area contributed by atoms with Crippen molar-refractivity contribution in [3.05, 3.63) is 311 Å². The van der Waals surface area contributed by atoms with Crippen LogP contribution < -0.4 is 0 Å². The quantitative estimate of drug-likeness (QED) is 0.0231. The molecule has 0 saturated heterocycles. The van der Waals surface area contributed by atoms with E-state index in [1.807, 2.05) is 121 Å². The Morgan fingerprint density at radius 3 is 0.978 bits per heavy atom. The number of fused-ring (bicyclic) bond motifs is 5. The zero-order valence-electron chi connectivity index (χ0n) is 47.7. The molecule has 441 valence electrons. The van der Waals surface area contributed by atoms with E-state index in [2.05, 4.69) is 27.8 Å². The molecule has 20 heteroatoms. The van der Waals surface area contributed by atoms with Gasteiger partial charge in [0.25, 0.3) is 0 Å². The molecule has 0 saturated carbocycles. The smallest absolute Gasteiger partial charge is 0 e. The number of ketones is 4. The van der Waals surface area contributed by atoms with Crippen LogP contribution in [0.5, 0.6) is 0 Å². The molecule has 0 amide bonds. The Bertz CT molecular complexity index is 4620. The Morgan fingerprint density at radius 2 is 0.689 bits per heavy atom. The molecule has 0 unspecified atom stereocenters. The van der Waals surface area contributed by atoms with Crippen LogP contribution in [0, 0.1) is 29.1 Å². The third-order valence-electron chi connectivity index (χ3n) is 13.5. The number of allylic oxidation sites excluding steroid dienone is 6. The molecule has 3 radical (unpaired) electrons. The summed E-state index contributed by atoms with van der Waals surface area (Å²) in [6.07, 6.45) is -0.632. The Kier molecular flexibility index (Phi) is 24.5. The number of carbonyl (C=O) groups is 4. The largest absolute Gasteiger partial charge is 0 e. The summed E-state index contributed by atoms with van der Waals surface area (Å²) in [5, 5.41) is 19.0. The molecule has 1 N–H and O–H groups in total. The van der Waals surface area contributed by atoms with Gasteiger partial charge in [0.05, 0.1) is 17.1 Å². The average Bonchev–Trinajstić information content (AvgIpc) is 0.961. The fraction of sp³-hybridized carbons (Fsp3) is 0.0286. The monoisotopic (exact) mass is 1440 g/mol. The predicted octanol–water partition coefficient (Wildman–Crippen LogP) is 16.4. The molecule has 0 atom stereocenters. The van der Waals surface area contributed by atoms with E-state index in [1.54, 1.807) is 60.7 Å². The SMILES string of the molecule is CC(O)=CC(=O)c1ccc2ccccc2c1.O=C(C=C([O][AlH])c1c(F)c(F)c(F)c(F)c1F)c1ccc2ccccc2c1.O=C(C=C([O][GaH])C(F)(F)F)c1ccc2ccccc2c1.O=C(C=C([O][InH])c1ccc2ccccc2c1)c1ccc2ccccc2c1.[Zn]. The van der Waals surface area contributed by atoms with Gasteiger partial charge in [0.1, 0.15) is 0 Å². The average molecular weight is 1440 g/mol. The molecular formula is C70H46AlF8GaInO8Zn. The summed E-state index contributed by atoms with van der Waals surface area (Å²) in [6, 6.07) is 65.4. The van der Waals surface area contributed by atoms with Crippen LogP contribution in [0.2, 0.25) is 0 Å². The molecule has 0 bridgehead atoms. The third-order valence-corrected chi connectivity index (χ3v) is 15.3. The number of hydrogen-bond donors (Lipinski definition) is 1. The van der Waals surface area contributed by atoms with Gasteiger partial charge in [-0.05, 0) is 40.6 Å². The van der Waals surface area contributed by atoms with Crippen LogP contribution in [0.3, 0.4) is 0 Å². The zero-order valence-corrected chi connectivity index (χ0v) is 59.1. The van der Waals surface area contributed by atoms with E-state index in [1.165, 1.54) is 30.5 Å². The molecule has 0 heterocycles. The molecular weight excluding hydrogens is 1400 g/mol. The Hall–Kier alpha value is -8.34. The molecule has 90 heavy (non-hydrogen) atoms. The van der Waals surface area contributed by atoms with Crippen LogP contribution in [0.4, 0.5) is 35.1 Å². The molecule has 11 rings (SSSR count). The van der Waals surface area contributed by atoms with Gasteiger partial charge in [0.15, 0.2) is 34.8 Å². The first-order valence-electron chi connectivity index (χ1n) is 26.7. The van der Waals surface area contributed by atoms with E-state index in [4.69, 9.17) is 11.7 Å². The fourth-order valence-electron chi connectivity index (χ4n) is 9.01. The Labute approximate surface area is 557 Å². The maximum absolute atomic E-state index is 14.0. The number of aliphatic hydroxyl groups is 1. The minimum absolute atomic E-state index is 0. The normalized spacial score (nSPS) is 11.7. The molecule has 11 aromatic carbocycles. The van der Waals surface area contributed by atoms with Crippen molar-refractivity contribution < 1.29 is 89.1 Å². The van der Waals surface area contributed by atoms with Gasteiger partial charge in [-0.15, -0.1) is 0 Å². The van der Waals surface area contributed by atoms with E-state index < -0.39 is 63.9 Å². The third kappa shape index (κ3) is 17.5. The molecule has 0 aliphatic carbocycles. The van der Waals surface area contributed by atoms with Gasteiger partial charge in [0.2, 0.25) is 5.82 Å². The first-order chi connectivity index (χ1) is 42.7. The number of benzene rings is 11. The van der Waals surface area contributed by atoms with Crippen LogP contribution >= 0.6 is 0 Å². The molecule has 0 aliphatic rings. The zero-order chi connectivity index (χ0) is 63.9. The number of hydrogen-bond acceptors (Lipinski definition) is 8. The van der Waals surface area contributed by atoms with Crippen molar-refractivity contribution in [2.75, 3.05) is 0 Å². The van der Waals surface area contributed by atoms with E-state index in [-0.39, 0.29) is 91.7 Å². The van der Waals surface area contributed by atoms with Crippen LogP contribution in [-0.4, -0.2) is 94.8 Å². The summed E-state index contributed by atoms with van der Waals surface area (Å²) in [5.74, 6) is -13.7. The number of carbonyl (C=O) groups excluding carboxylic acids is 4. The summed E-state index contributed by atoms with van der Waals surface area (Å²) in [7, 11) is 0. The van der Waals surface area contributed by atoms with Crippen molar-refractivity contribution in [3.8, 4) is 0 Å². The Balaban J connectivity index is 0.000000173. The van der Waals surface area contributed by atoms with Gasteiger partial charge in [-0.2, -0.15) is 0 Å². The summed E-state index contributed by atoms with van der Waals surface area (Å²) >= 11 is 0.987. The van der Waals surface area contributed by atoms with Crippen molar-refractivity contribution >= 4 is 149 Å². The molecule has 0 aliphatic heterocycles. The number of aliphatic hydroxyl groups excluding tert-OH is 1. The van der Waals surface area contributed by atoms with Crippen LogP contribution in [0.1, 0.15) is 59.5 Å². The van der Waals surface area contributed by atoms with Gasteiger partial charge in [-0.3, -0.25) is 9.59 Å². The topological polar surface area (TPSA) is 116 Å². The molecule has 11 aromatic rings. The van der Waals surface area contributed by atoms with Crippen molar-refractivity contribution in [1.29, 1.82) is 0 Å². The van der Waals surface area contributed by atoms with Crippen molar-refractivity contribution in [2.24, 2.45) is 0 Å². The van der Waals surface area contributed by atoms with Gasteiger partial charge in [-0.25, -0.2) is 22.0 Å². The van der Waals surface area contributed by atoms with Gasteiger partial charge < -0.3 is 8.90 Å².